The van der Waals surface area contributed by atoms with Crippen molar-refractivity contribution in [2.45, 2.75) is 11.8 Å². The third-order valence-corrected chi connectivity index (χ3v) is 5.99. The minimum absolute atomic E-state index is 0.0635. The standard InChI is InChI=1S/C21H17FN4O4S/c1-12-10-16(7-8-17(12)22)31(29,30)26-14-4-2-13(3-5-14)20(27)23-15-6-9-18-19(11-15)25-21(28)24-18/h2-11,26H,1H3,(H,23,27)(H2,24,25,28). The molecule has 0 aliphatic rings. The van der Waals surface area contributed by atoms with Crippen molar-refractivity contribution >= 4 is 38.3 Å². The Labute approximate surface area is 176 Å². The molecule has 0 aliphatic carbocycles. The van der Waals surface area contributed by atoms with Gasteiger partial charge in [0.15, 0.2) is 0 Å². The number of imidazole rings is 1. The average Bonchev–Trinajstić information content (AvgIpc) is 3.09. The molecule has 8 nitrogen and oxygen atoms in total. The minimum Gasteiger partial charge on any atom is -0.322 e. The van der Waals surface area contributed by atoms with Crippen LogP contribution in [0.15, 0.2) is 70.4 Å². The molecule has 10 heteroatoms. The fraction of sp³-hybridized carbons (Fsp3) is 0.0476. The SMILES string of the molecule is Cc1cc(S(=O)(=O)Nc2ccc(C(=O)Nc3ccc4[nH]c(=O)[nH]c4c3)cc2)ccc1F. The zero-order valence-corrected chi connectivity index (χ0v) is 17.0. The van der Waals surface area contributed by atoms with Gasteiger partial charge in [-0.3, -0.25) is 9.52 Å². The second kappa shape index (κ2) is 7.73. The monoisotopic (exact) mass is 440 g/mol. The zero-order valence-electron chi connectivity index (χ0n) is 16.2. The highest BCUT2D eigenvalue weighted by atomic mass is 32.2. The molecule has 0 saturated carbocycles. The Hall–Kier alpha value is -3.92. The summed E-state index contributed by atoms with van der Waals surface area (Å²) in [7, 11) is -3.90. The van der Waals surface area contributed by atoms with Crippen LogP contribution in [0.1, 0.15) is 15.9 Å². The summed E-state index contributed by atoms with van der Waals surface area (Å²) >= 11 is 0. The Kier molecular flexibility index (Phi) is 5.07. The maximum Gasteiger partial charge on any atom is 0.323 e. The first-order valence-corrected chi connectivity index (χ1v) is 10.6. The van der Waals surface area contributed by atoms with E-state index >= 15 is 0 Å². The summed E-state index contributed by atoms with van der Waals surface area (Å²) in [5, 5.41) is 2.72. The number of benzene rings is 3. The number of aromatic nitrogens is 2. The van der Waals surface area contributed by atoms with Crippen molar-refractivity contribution in [3.63, 3.8) is 0 Å². The van der Waals surface area contributed by atoms with Gasteiger partial charge in [0, 0.05) is 16.9 Å². The molecule has 1 amide bonds. The number of sulfonamides is 1. The van der Waals surface area contributed by atoms with Crippen molar-refractivity contribution in [1.82, 2.24) is 9.97 Å². The molecule has 3 aromatic carbocycles. The van der Waals surface area contributed by atoms with E-state index < -0.39 is 21.7 Å². The molecule has 0 unspecified atom stereocenters. The van der Waals surface area contributed by atoms with Crippen LogP contribution in [0.4, 0.5) is 15.8 Å². The van der Waals surface area contributed by atoms with Crippen molar-refractivity contribution in [3.05, 3.63) is 88.1 Å². The van der Waals surface area contributed by atoms with Gasteiger partial charge in [-0.05, 0) is 73.2 Å². The molecular formula is C21H17FN4O4S. The second-order valence-corrected chi connectivity index (χ2v) is 8.57. The van der Waals surface area contributed by atoms with Crippen LogP contribution in [-0.2, 0) is 10.0 Å². The molecule has 4 rings (SSSR count). The molecule has 0 radical (unpaired) electrons. The average molecular weight is 440 g/mol. The van der Waals surface area contributed by atoms with Crippen molar-refractivity contribution < 1.29 is 17.6 Å². The van der Waals surface area contributed by atoms with E-state index in [1.807, 2.05) is 0 Å². The smallest absolute Gasteiger partial charge is 0.322 e. The van der Waals surface area contributed by atoms with E-state index in [2.05, 4.69) is 20.0 Å². The van der Waals surface area contributed by atoms with Crippen molar-refractivity contribution in [3.8, 4) is 0 Å². The summed E-state index contributed by atoms with van der Waals surface area (Å²) in [6.45, 7) is 1.48. The van der Waals surface area contributed by atoms with Crippen LogP contribution in [0.3, 0.4) is 0 Å². The van der Waals surface area contributed by atoms with Gasteiger partial charge in [0.25, 0.3) is 15.9 Å². The molecule has 0 spiro atoms. The Balaban J connectivity index is 1.48. The molecule has 4 aromatic rings. The number of hydrogen-bond acceptors (Lipinski definition) is 4. The third kappa shape index (κ3) is 4.33. The molecule has 0 aliphatic heterocycles. The number of anilines is 2. The largest absolute Gasteiger partial charge is 0.323 e. The van der Waals surface area contributed by atoms with Gasteiger partial charge in [-0.2, -0.15) is 0 Å². The lowest BCUT2D eigenvalue weighted by Crippen LogP contribution is -2.14. The molecule has 4 N–H and O–H groups in total. The molecule has 0 fully saturated rings. The van der Waals surface area contributed by atoms with Gasteiger partial charge in [-0.15, -0.1) is 0 Å². The predicted octanol–water partition coefficient (Wildman–Crippen LogP) is 3.36. The lowest BCUT2D eigenvalue weighted by molar-refractivity contribution is 0.102. The van der Waals surface area contributed by atoms with Gasteiger partial charge in [0.05, 0.1) is 15.9 Å². The van der Waals surface area contributed by atoms with Gasteiger partial charge < -0.3 is 15.3 Å². The topological polar surface area (TPSA) is 124 Å². The summed E-state index contributed by atoms with van der Waals surface area (Å²) < 4.78 is 40.8. The lowest BCUT2D eigenvalue weighted by Gasteiger charge is -2.10. The third-order valence-electron chi connectivity index (χ3n) is 4.61. The number of halogens is 1. The van der Waals surface area contributed by atoms with Crippen LogP contribution in [0.5, 0.6) is 0 Å². The van der Waals surface area contributed by atoms with E-state index in [0.717, 1.165) is 6.07 Å². The number of fused-ring (bicyclic) bond motifs is 1. The van der Waals surface area contributed by atoms with E-state index in [0.29, 0.717) is 22.3 Å². The summed E-state index contributed by atoms with van der Waals surface area (Å²) in [6, 6.07) is 14.3. The molecule has 0 atom stereocenters. The van der Waals surface area contributed by atoms with E-state index in [4.69, 9.17) is 0 Å². The van der Waals surface area contributed by atoms with Crippen molar-refractivity contribution in [2.24, 2.45) is 0 Å². The number of nitrogens with one attached hydrogen (secondary N) is 4. The highest BCUT2D eigenvalue weighted by Gasteiger charge is 2.16. The van der Waals surface area contributed by atoms with Crippen LogP contribution < -0.4 is 15.7 Å². The fourth-order valence-corrected chi connectivity index (χ4v) is 4.14. The minimum atomic E-state index is -3.90. The Morgan fingerprint density at radius 3 is 2.29 bits per heavy atom. The molecule has 1 heterocycles. The van der Waals surface area contributed by atoms with Gasteiger partial charge in [-0.1, -0.05) is 0 Å². The number of carbonyl (C=O) groups is 1. The van der Waals surface area contributed by atoms with Crippen LogP contribution in [-0.4, -0.2) is 24.3 Å². The van der Waals surface area contributed by atoms with E-state index in [1.165, 1.54) is 43.3 Å². The first-order valence-electron chi connectivity index (χ1n) is 9.14. The number of amides is 1. The summed E-state index contributed by atoms with van der Waals surface area (Å²) in [6.07, 6.45) is 0. The van der Waals surface area contributed by atoms with Crippen molar-refractivity contribution in [1.29, 1.82) is 0 Å². The van der Waals surface area contributed by atoms with Crippen molar-refractivity contribution in [2.75, 3.05) is 10.0 Å². The van der Waals surface area contributed by atoms with Crippen LogP contribution in [0.2, 0.25) is 0 Å². The normalized spacial score (nSPS) is 11.4. The van der Waals surface area contributed by atoms with E-state index in [-0.39, 0.29) is 21.8 Å². The number of hydrogen-bond donors (Lipinski definition) is 4. The first kappa shape index (κ1) is 20.4. The molecule has 1 aromatic heterocycles. The highest BCUT2D eigenvalue weighted by molar-refractivity contribution is 7.92. The lowest BCUT2D eigenvalue weighted by atomic mass is 10.2. The summed E-state index contributed by atoms with van der Waals surface area (Å²) in [5.74, 6) is -0.892. The molecule has 31 heavy (non-hydrogen) atoms. The number of aryl methyl sites for hydroxylation is 1. The predicted molar refractivity (Wildman–Crippen MR) is 115 cm³/mol. The Morgan fingerprint density at radius 2 is 1.58 bits per heavy atom. The van der Waals surface area contributed by atoms with Crippen LogP contribution in [0.25, 0.3) is 11.0 Å². The molecular weight excluding hydrogens is 423 g/mol. The Morgan fingerprint density at radius 1 is 0.903 bits per heavy atom. The van der Waals surface area contributed by atoms with Crippen LogP contribution >= 0.6 is 0 Å². The summed E-state index contributed by atoms with van der Waals surface area (Å²) in [4.78, 5) is 29.0. The number of H-pyrrole nitrogens is 2. The van der Waals surface area contributed by atoms with Gasteiger partial charge in [-0.25, -0.2) is 17.6 Å². The zero-order chi connectivity index (χ0) is 22.2. The summed E-state index contributed by atoms with van der Waals surface area (Å²) in [5.41, 5.74) is 2.11. The number of carbonyl (C=O) groups excluding carboxylic acids is 1. The van der Waals surface area contributed by atoms with Gasteiger partial charge in [0.2, 0.25) is 0 Å². The van der Waals surface area contributed by atoms with Gasteiger partial charge >= 0.3 is 5.69 Å². The van der Waals surface area contributed by atoms with E-state index in [9.17, 15) is 22.4 Å². The molecule has 0 bridgehead atoms. The molecule has 0 saturated heterocycles. The number of rotatable bonds is 5. The maximum absolute atomic E-state index is 13.4. The second-order valence-electron chi connectivity index (χ2n) is 6.89. The maximum atomic E-state index is 13.4. The fourth-order valence-electron chi connectivity index (χ4n) is 3.00. The quantitative estimate of drug-likeness (QED) is 0.380. The number of aromatic amines is 2. The molecule has 158 valence electrons. The van der Waals surface area contributed by atoms with E-state index in [1.54, 1.807) is 18.2 Å². The first-order chi connectivity index (χ1) is 14.7. The Bertz CT molecular complexity index is 1460. The highest BCUT2D eigenvalue weighted by Crippen LogP contribution is 2.20. The van der Waals surface area contributed by atoms with Crippen LogP contribution in [0, 0.1) is 12.7 Å². The van der Waals surface area contributed by atoms with Gasteiger partial charge in [0.1, 0.15) is 5.82 Å².